The zero-order valence-electron chi connectivity index (χ0n) is 13.4. The summed E-state index contributed by atoms with van der Waals surface area (Å²) in [6.45, 7) is 0. The van der Waals surface area contributed by atoms with Crippen LogP contribution in [0.5, 0.6) is 5.75 Å². The molecule has 0 aliphatic heterocycles. The number of nitrogens with one attached hydrogen (secondary N) is 2. The molecule has 1 heterocycles. The Labute approximate surface area is 149 Å². The van der Waals surface area contributed by atoms with Crippen molar-refractivity contribution in [1.29, 1.82) is 0 Å². The smallest absolute Gasteiger partial charge is 0.274 e. The fourth-order valence-corrected chi connectivity index (χ4v) is 2.42. The van der Waals surface area contributed by atoms with E-state index in [4.69, 9.17) is 16.3 Å². The molecular weight excluding hydrogens is 340 g/mol. The summed E-state index contributed by atoms with van der Waals surface area (Å²) in [5.74, 6) is 0.704. The van der Waals surface area contributed by atoms with Crippen LogP contribution in [0.15, 0.2) is 60.9 Å². The number of ether oxygens (including phenoxy) is 1. The van der Waals surface area contributed by atoms with Gasteiger partial charge in [-0.05, 0) is 30.3 Å². The van der Waals surface area contributed by atoms with E-state index in [-0.39, 0.29) is 11.6 Å². The Morgan fingerprint density at radius 1 is 1.04 bits per heavy atom. The maximum atomic E-state index is 12.4. The summed E-state index contributed by atoms with van der Waals surface area (Å²) >= 11 is 6.06. The molecule has 0 spiro atoms. The topological polar surface area (TPSA) is 76.1 Å². The zero-order chi connectivity index (χ0) is 17.6. The molecule has 0 atom stereocenters. The van der Waals surface area contributed by atoms with E-state index < -0.39 is 0 Å². The van der Waals surface area contributed by atoms with Gasteiger partial charge in [-0.25, -0.2) is 9.97 Å². The number of aromatic nitrogens is 2. The van der Waals surface area contributed by atoms with E-state index in [0.717, 1.165) is 5.69 Å². The lowest BCUT2D eigenvalue weighted by Crippen LogP contribution is -2.14. The number of methoxy groups -OCH3 is 1. The average Bonchev–Trinajstić information content (AvgIpc) is 2.63. The van der Waals surface area contributed by atoms with Gasteiger partial charge in [0, 0.05) is 17.4 Å². The third kappa shape index (κ3) is 4.24. The van der Waals surface area contributed by atoms with Gasteiger partial charge in [0.2, 0.25) is 0 Å². The predicted molar refractivity (Wildman–Crippen MR) is 97.7 cm³/mol. The summed E-state index contributed by atoms with van der Waals surface area (Å²) in [6.07, 6.45) is 1.33. The largest absolute Gasteiger partial charge is 0.495 e. The van der Waals surface area contributed by atoms with Crippen molar-refractivity contribution in [3.8, 4) is 5.75 Å². The van der Waals surface area contributed by atoms with Crippen molar-refractivity contribution in [2.75, 3.05) is 17.7 Å². The number of hydrogen-bond donors (Lipinski definition) is 2. The Balaban J connectivity index is 1.74. The first-order valence-corrected chi connectivity index (χ1v) is 7.82. The molecule has 0 aliphatic rings. The fraction of sp³-hybridized carbons (Fsp3) is 0.0556. The van der Waals surface area contributed by atoms with Crippen molar-refractivity contribution in [2.45, 2.75) is 0 Å². The van der Waals surface area contributed by atoms with Crippen LogP contribution >= 0.6 is 11.6 Å². The highest BCUT2D eigenvalue weighted by molar-refractivity contribution is 6.32. The lowest BCUT2D eigenvalue weighted by Gasteiger charge is -2.09. The third-order valence-corrected chi connectivity index (χ3v) is 3.65. The van der Waals surface area contributed by atoms with Gasteiger partial charge in [0.05, 0.1) is 12.1 Å². The van der Waals surface area contributed by atoms with Crippen LogP contribution in [0.2, 0.25) is 5.02 Å². The number of halogens is 1. The van der Waals surface area contributed by atoms with E-state index >= 15 is 0 Å². The van der Waals surface area contributed by atoms with Crippen molar-refractivity contribution in [3.63, 3.8) is 0 Å². The second kappa shape index (κ2) is 7.63. The van der Waals surface area contributed by atoms with E-state index in [1.165, 1.54) is 13.4 Å². The number of anilines is 3. The highest BCUT2D eigenvalue weighted by Crippen LogP contribution is 2.27. The van der Waals surface area contributed by atoms with E-state index in [1.807, 2.05) is 30.3 Å². The number of carbonyl (C=O) groups excluding carboxylic acids is 1. The minimum Gasteiger partial charge on any atom is -0.495 e. The summed E-state index contributed by atoms with van der Waals surface area (Å²) in [4.78, 5) is 20.5. The maximum Gasteiger partial charge on any atom is 0.274 e. The van der Waals surface area contributed by atoms with Gasteiger partial charge in [-0.3, -0.25) is 4.79 Å². The van der Waals surface area contributed by atoms with Crippen LogP contribution in [0, 0.1) is 0 Å². The highest BCUT2D eigenvalue weighted by Gasteiger charge is 2.11. The van der Waals surface area contributed by atoms with E-state index in [0.29, 0.717) is 22.3 Å². The Bertz CT molecular complexity index is 887. The minimum absolute atomic E-state index is 0.236. The summed E-state index contributed by atoms with van der Waals surface area (Å²) in [6, 6.07) is 16.1. The molecule has 0 bridgehead atoms. The molecule has 0 radical (unpaired) electrons. The van der Waals surface area contributed by atoms with Gasteiger partial charge in [-0.1, -0.05) is 29.8 Å². The summed E-state index contributed by atoms with van der Waals surface area (Å²) in [5.41, 5.74) is 1.65. The average molecular weight is 355 g/mol. The van der Waals surface area contributed by atoms with Crippen molar-refractivity contribution >= 4 is 34.7 Å². The summed E-state index contributed by atoms with van der Waals surface area (Å²) < 4.78 is 5.09. The minimum atomic E-state index is -0.361. The van der Waals surface area contributed by atoms with Gasteiger partial charge in [-0.2, -0.15) is 0 Å². The van der Waals surface area contributed by atoms with Crippen molar-refractivity contribution < 1.29 is 9.53 Å². The molecule has 126 valence electrons. The normalized spacial score (nSPS) is 10.2. The number of para-hydroxylation sites is 1. The molecule has 1 amide bonds. The molecule has 25 heavy (non-hydrogen) atoms. The second-order valence-corrected chi connectivity index (χ2v) is 5.49. The number of rotatable bonds is 5. The molecule has 2 aromatic carbocycles. The number of carbonyl (C=O) groups is 1. The molecule has 3 rings (SSSR count). The number of nitrogens with zero attached hydrogens (tertiary/aromatic N) is 2. The molecule has 0 saturated heterocycles. The second-order valence-electron chi connectivity index (χ2n) is 5.08. The van der Waals surface area contributed by atoms with Gasteiger partial charge in [-0.15, -0.1) is 0 Å². The van der Waals surface area contributed by atoms with Crippen LogP contribution in [0.25, 0.3) is 0 Å². The van der Waals surface area contributed by atoms with Gasteiger partial charge in [0.1, 0.15) is 23.6 Å². The molecule has 2 N–H and O–H groups in total. The quantitative estimate of drug-likeness (QED) is 0.720. The monoisotopic (exact) mass is 354 g/mol. The van der Waals surface area contributed by atoms with Gasteiger partial charge >= 0.3 is 0 Å². The first-order valence-electron chi connectivity index (χ1n) is 7.45. The van der Waals surface area contributed by atoms with E-state index in [1.54, 1.807) is 24.3 Å². The van der Waals surface area contributed by atoms with Crippen LogP contribution in [0.4, 0.5) is 17.2 Å². The molecule has 3 aromatic rings. The third-order valence-electron chi connectivity index (χ3n) is 3.36. The van der Waals surface area contributed by atoms with Crippen LogP contribution in [-0.2, 0) is 0 Å². The summed E-state index contributed by atoms with van der Waals surface area (Å²) in [7, 11) is 1.53. The fourth-order valence-electron chi connectivity index (χ4n) is 2.16. The number of hydrogen-bond acceptors (Lipinski definition) is 5. The van der Waals surface area contributed by atoms with Crippen LogP contribution in [-0.4, -0.2) is 23.0 Å². The van der Waals surface area contributed by atoms with Gasteiger partial charge in [0.15, 0.2) is 0 Å². The number of benzene rings is 2. The number of amides is 1. The Kier molecular flexibility index (Phi) is 5.11. The lowest BCUT2D eigenvalue weighted by atomic mass is 10.2. The highest BCUT2D eigenvalue weighted by atomic mass is 35.5. The SMILES string of the molecule is COc1ccc(NC(=O)c2cc(Nc3ccccc3)ncn2)cc1Cl. The first kappa shape index (κ1) is 16.7. The van der Waals surface area contributed by atoms with Crippen molar-refractivity contribution in [3.05, 3.63) is 71.6 Å². The maximum absolute atomic E-state index is 12.4. The van der Waals surface area contributed by atoms with E-state index in [9.17, 15) is 4.79 Å². The first-order chi connectivity index (χ1) is 12.2. The standard InChI is InChI=1S/C18H15ClN4O2/c1-25-16-8-7-13(9-14(16)19)23-18(24)15-10-17(21-11-20-15)22-12-5-3-2-4-6-12/h2-11H,1H3,(H,23,24)(H,20,21,22). The van der Waals surface area contributed by atoms with Gasteiger partial charge in [0.25, 0.3) is 5.91 Å². The molecule has 6 nitrogen and oxygen atoms in total. The molecule has 0 saturated carbocycles. The van der Waals surface area contributed by atoms with Gasteiger partial charge < -0.3 is 15.4 Å². The molecule has 0 unspecified atom stereocenters. The Morgan fingerprint density at radius 2 is 1.84 bits per heavy atom. The van der Waals surface area contributed by atoms with Crippen molar-refractivity contribution in [1.82, 2.24) is 9.97 Å². The van der Waals surface area contributed by atoms with Crippen LogP contribution in [0.1, 0.15) is 10.5 Å². The molecular formula is C18H15ClN4O2. The molecule has 7 heteroatoms. The van der Waals surface area contributed by atoms with Crippen molar-refractivity contribution in [2.24, 2.45) is 0 Å². The lowest BCUT2D eigenvalue weighted by molar-refractivity contribution is 0.102. The Morgan fingerprint density at radius 3 is 2.56 bits per heavy atom. The van der Waals surface area contributed by atoms with Crippen LogP contribution in [0.3, 0.4) is 0 Å². The molecule has 1 aromatic heterocycles. The van der Waals surface area contributed by atoms with E-state index in [2.05, 4.69) is 20.6 Å². The zero-order valence-corrected chi connectivity index (χ0v) is 14.1. The predicted octanol–water partition coefficient (Wildman–Crippen LogP) is 4.13. The van der Waals surface area contributed by atoms with Crippen LogP contribution < -0.4 is 15.4 Å². The molecule has 0 fully saturated rings. The Hall–Kier alpha value is -3.12. The molecule has 0 aliphatic carbocycles. The summed E-state index contributed by atoms with van der Waals surface area (Å²) in [5, 5.41) is 6.27.